The summed E-state index contributed by atoms with van der Waals surface area (Å²) in [6.45, 7) is 10.1. The van der Waals surface area contributed by atoms with Crippen molar-refractivity contribution in [2.24, 2.45) is 29.1 Å². The van der Waals surface area contributed by atoms with Crippen LogP contribution in [0.25, 0.3) is 22.3 Å². The van der Waals surface area contributed by atoms with E-state index in [0.29, 0.717) is 50.1 Å². The molecular formula is C47H61NO19S. The number of fused-ring (bicyclic) bond motifs is 6. The molecule has 1 aromatic heterocycles. The topological polar surface area (TPSA) is 346 Å². The van der Waals surface area contributed by atoms with Crippen LogP contribution >= 0.6 is 0 Å². The number of ether oxygens (including phenoxy) is 2. The number of carbonyl (C=O) groups is 1. The molecule has 3 aliphatic heterocycles. The molecule has 4 heterocycles. The number of phenols is 3. The van der Waals surface area contributed by atoms with Gasteiger partial charge in [-0.3, -0.25) is 18.8 Å². The van der Waals surface area contributed by atoms with Crippen molar-refractivity contribution in [3.8, 4) is 34.3 Å². The average molecular weight is 976 g/mol. The van der Waals surface area contributed by atoms with E-state index in [2.05, 4.69) is 11.8 Å². The Morgan fingerprint density at radius 1 is 0.868 bits per heavy atom. The SMILES string of the molecule is CC=C(C)C(=O)OC1CCC2(C)C3CCC4C5(O)CC(O)C6(O)C(CN7CC(C)CCC7C6(C)O)C5(O)CC42OC13O.O=S(=O)(O)O.O=c1c(O)c(-c2ccc(O)c(O)c2)oc2cc(O)ccc12. The highest BCUT2D eigenvalue weighted by molar-refractivity contribution is 7.79. The smallest absolute Gasteiger partial charge is 0.394 e. The molecule has 20 nitrogen and oxygen atoms in total. The van der Waals surface area contributed by atoms with Gasteiger partial charge < -0.3 is 65.0 Å². The van der Waals surface area contributed by atoms with Crippen LogP contribution in [0.15, 0.2) is 57.3 Å². The van der Waals surface area contributed by atoms with Crippen molar-refractivity contribution >= 4 is 27.3 Å². The molecule has 374 valence electrons. The van der Waals surface area contributed by atoms with Crippen molar-refractivity contribution in [1.29, 1.82) is 0 Å². The molecule has 1 spiro atoms. The quantitative estimate of drug-likeness (QED) is 0.0777. The van der Waals surface area contributed by atoms with Gasteiger partial charge in [0.2, 0.25) is 17.0 Å². The second-order valence-electron chi connectivity index (χ2n) is 20.6. The van der Waals surface area contributed by atoms with Crippen molar-refractivity contribution < 1.29 is 87.3 Å². The molecule has 2 aromatic carbocycles. The molecule has 21 heteroatoms. The number of carbonyl (C=O) groups excluding carboxylic acids is 1. The minimum absolute atomic E-state index is 0.0606. The Balaban J connectivity index is 0.000000200. The first-order chi connectivity index (χ1) is 31.4. The minimum atomic E-state index is -4.67. The number of allylic oxidation sites excluding steroid dienone is 1. The van der Waals surface area contributed by atoms with E-state index in [0.717, 1.165) is 12.5 Å². The van der Waals surface area contributed by atoms with Crippen LogP contribution < -0.4 is 5.43 Å². The summed E-state index contributed by atoms with van der Waals surface area (Å²) in [5.74, 6) is -5.65. The van der Waals surface area contributed by atoms with Crippen molar-refractivity contribution in [1.82, 2.24) is 4.90 Å². The van der Waals surface area contributed by atoms with E-state index < -0.39 is 102 Å². The Morgan fingerprint density at radius 2 is 1.53 bits per heavy atom. The van der Waals surface area contributed by atoms with Crippen LogP contribution in [0.4, 0.5) is 0 Å². The number of aromatic hydroxyl groups is 4. The summed E-state index contributed by atoms with van der Waals surface area (Å²) >= 11 is 0. The van der Waals surface area contributed by atoms with Crippen LogP contribution in [0, 0.1) is 29.1 Å². The first kappa shape index (κ1) is 50.0. The first-order valence-electron chi connectivity index (χ1n) is 22.7. The Labute approximate surface area is 391 Å². The van der Waals surface area contributed by atoms with Gasteiger partial charge in [0.25, 0.3) is 0 Å². The average Bonchev–Trinajstić information content (AvgIpc) is 3.42. The van der Waals surface area contributed by atoms with Gasteiger partial charge in [-0.15, -0.1) is 0 Å². The third kappa shape index (κ3) is 7.17. The maximum Gasteiger partial charge on any atom is 0.394 e. The Morgan fingerprint density at radius 3 is 2.18 bits per heavy atom. The molecule has 7 aliphatic rings. The highest BCUT2D eigenvalue weighted by atomic mass is 32.3. The van der Waals surface area contributed by atoms with E-state index in [1.165, 1.54) is 30.3 Å². The largest absolute Gasteiger partial charge is 0.508 e. The van der Waals surface area contributed by atoms with Gasteiger partial charge in [0, 0.05) is 72.3 Å². The van der Waals surface area contributed by atoms with Crippen LogP contribution in [0.2, 0.25) is 0 Å². The van der Waals surface area contributed by atoms with E-state index in [1.807, 2.05) is 6.92 Å². The molecular weight excluding hydrogens is 915 g/mol. The number of esters is 1. The minimum Gasteiger partial charge on any atom is -0.508 e. The molecule has 68 heavy (non-hydrogen) atoms. The summed E-state index contributed by atoms with van der Waals surface area (Å²) < 4.78 is 49.6. The number of hydrogen-bond acceptors (Lipinski definition) is 18. The standard InChI is InChI=1S/C32H49NO9.C15H10O6.H2O4S/c1-6-18(3)25(35)41-24-11-12-26(4)19-8-9-20-28(37)13-23(34)31(39)21(29(28,38)16-30(20,26)42-32(19,24)40)15-33-14-17(2)7-10-22(33)27(31,5)36;16-8-2-3-9-12(6-8)21-15(14(20)13(9)19)7-1-4-10(17)11(18)5-7;1-5(2,3)4/h6,17,19-24,34,36-40H,7-16H2,1-5H3;1-6,16-18,20H;(H2,1,2,3,4). The Hall–Kier alpha value is -4.39. The lowest BCUT2D eigenvalue weighted by atomic mass is 9.49. The van der Waals surface area contributed by atoms with Crippen molar-refractivity contribution in [3.63, 3.8) is 0 Å². The lowest BCUT2D eigenvalue weighted by molar-refractivity contribution is -0.354. The highest BCUT2D eigenvalue weighted by Crippen LogP contribution is 2.78. The van der Waals surface area contributed by atoms with E-state index >= 15 is 0 Å². The van der Waals surface area contributed by atoms with Crippen LogP contribution in [0.3, 0.4) is 0 Å². The lowest BCUT2D eigenvalue weighted by Crippen LogP contribution is -2.85. The van der Waals surface area contributed by atoms with Crippen LogP contribution in [0.1, 0.15) is 86.0 Å². The predicted molar refractivity (Wildman–Crippen MR) is 238 cm³/mol. The molecule has 14 atom stereocenters. The van der Waals surface area contributed by atoms with E-state index in [4.69, 9.17) is 31.4 Å². The summed E-state index contributed by atoms with van der Waals surface area (Å²) in [6, 6.07) is 7.25. The number of rotatable bonds is 3. The summed E-state index contributed by atoms with van der Waals surface area (Å²) in [6.07, 6.45) is 2.30. The maximum absolute atomic E-state index is 12.9. The molecule has 10 rings (SSSR count). The predicted octanol–water partition coefficient (Wildman–Crippen LogP) is 2.62. The number of aliphatic hydroxyl groups excluding tert-OH is 1. The third-order valence-electron chi connectivity index (χ3n) is 17.1. The van der Waals surface area contributed by atoms with E-state index in [1.54, 1.807) is 26.8 Å². The molecule has 4 saturated carbocycles. The first-order valence-corrected chi connectivity index (χ1v) is 24.1. The number of aliphatic hydroxyl groups is 6. The fraction of sp³-hybridized carbons (Fsp3) is 0.617. The summed E-state index contributed by atoms with van der Waals surface area (Å²) in [5.41, 5.74) is -9.30. The monoisotopic (exact) mass is 975 g/mol. The number of nitrogens with zero attached hydrogens (tertiary/aromatic N) is 1. The fourth-order valence-electron chi connectivity index (χ4n) is 13.8. The number of phenolic OH excluding ortho intramolecular Hbond substituents is 3. The highest BCUT2D eigenvalue weighted by Gasteiger charge is 2.88. The van der Waals surface area contributed by atoms with Gasteiger partial charge in [-0.2, -0.15) is 8.42 Å². The second-order valence-corrected chi connectivity index (χ2v) is 21.5. The van der Waals surface area contributed by atoms with Crippen LogP contribution in [0.5, 0.6) is 23.0 Å². The molecule has 3 saturated heterocycles. The van der Waals surface area contributed by atoms with E-state index in [-0.39, 0.29) is 59.2 Å². The summed E-state index contributed by atoms with van der Waals surface area (Å²) in [4.78, 5) is 27.0. The zero-order valence-electron chi connectivity index (χ0n) is 38.2. The number of piperidine rings is 2. The van der Waals surface area contributed by atoms with Gasteiger partial charge in [0.05, 0.1) is 17.1 Å². The molecule has 14 unspecified atom stereocenters. The molecule has 4 aliphatic carbocycles. The molecule has 0 amide bonds. The maximum atomic E-state index is 12.9. The van der Waals surface area contributed by atoms with Gasteiger partial charge in [-0.25, -0.2) is 4.79 Å². The van der Waals surface area contributed by atoms with Gasteiger partial charge >= 0.3 is 16.4 Å². The molecule has 7 fully saturated rings. The van der Waals surface area contributed by atoms with Gasteiger partial charge in [0.1, 0.15) is 33.7 Å². The van der Waals surface area contributed by atoms with Gasteiger partial charge in [0.15, 0.2) is 23.4 Å². The zero-order chi connectivity index (χ0) is 50.1. The Bertz CT molecular complexity index is 2720. The third-order valence-corrected chi connectivity index (χ3v) is 17.1. The number of hydrogen-bond donors (Lipinski definition) is 12. The van der Waals surface area contributed by atoms with Crippen molar-refractivity contribution in [2.75, 3.05) is 13.1 Å². The molecule has 12 N–H and O–H groups in total. The van der Waals surface area contributed by atoms with Gasteiger partial charge in [-0.05, 0) is 95.5 Å². The number of benzene rings is 2. The normalized spacial score (nSPS) is 41.4. The second kappa shape index (κ2) is 16.3. The zero-order valence-corrected chi connectivity index (χ0v) is 39.1. The summed E-state index contributed by atoms with van der Waals surface area (Å²) in [5, 5.41) is 112. The van der Waals surface area contributed by atoms with Crippen LogP contribution in [-0.2, 0) is 24.7 Å². The molecule has 4 bridgehead atoms. The Kier molecular flexibility index (Phi) is 12.0. The van der Waals surface area contributed by atoms with Crippen molar-refractivity contribution in [3.05, 3.63) is 58.3 Å². The lowest BCUT2D eigenvalue weighted by Gasteiger charge is -2.68. The van der Waals surface area contributed by atoms with E-state index in [9.17, 15) is 60.7 Å². The summed E-state index contributed by atoms with van der Waals surface area (Å²) in [7, 11) is -4.67. The molecule has 0 radical (unpaired) electrons. The van der Waals surface area contributed by atoms with Crippen molar-refractivity contribution in [2.45, 2.75) is 138 Å². The van der Waals surface area contributed by atoms with Crippen LogP contribution in [-0.4, -0.2) is 145 Å². The van der Waals surface area contributed by atoms with Gasteiger partial charge in [-0.1, -0.05) is 19.9 Å². The molecule has 3 aromatic rings. The fourth-order valence-corrected chi connectivity index (χ4v) is 13.8.